The summed E-state index contributed by atoms with van der Waals surface area (Å²) in [4.78, 5) is 36.7. The van der Waals surface area contributed by atoms with E-state index in [1.54, 1.807) is 24.3 Å². The summed E-state index contributed by atoms with van der Waals surface area (Å²) in [6.45, 7) is 2.90. The number of nitrogens with one attached hydrogen (secondary N) is 3. The molecule has 2 aromatic carbocycles. The predicted molar refractivity (Wildman–Crippen MR) is 116 cm³/mol. The van der Waals surface area contributed by atoms with Crippen molar-refractivity contribution in [2.45, 2.75) is 39.2 Å². The molecule has 4 N–H and O–H groups in total. The number of aryl methyl sites for hydroxylation is 1. The summed E-state index contributed by atoms with van der Waals surface area (Å²) in [6, 6.07) is 14.5. The van der Waals surface area contributed by atoms with Crippen molar-refractivity contribution >= 4 is 23.4 Å². The van der Waals surface area contributed by atoms with E-state index in [9.17, 15) is 14.4 Å². The Morgan fingerprint density at radius 1 is 0.833 bits per heavy atom. The number of hydrogen-bond donors (Lipinski definition) is 4. The van der Waals surface area contributed by atoms with Crippen molar-refractivity contribution in [3.8, 4) is 0 Å². The van der Waals surface area contributed by atoms with Crippen LogP contribution in [0.1, 0.15) is 47.7 Å². The van der Waals surface area contributed by atoms with Crippen molar-refractivity contribution in [3.63, 3.8) is 0 Å². The minimum absolute atomic E-state index is 0.108. The van der Waals surface area contributed by atoms with E-state index in [4.69, 9.17) is 5.11 Å². The smallest absolute Gasteiger partial charge is 0.313 e. The van der Waals surface area contributed by atoms with Gasteiger partial charge in [-0.2, -0.15) is 0 Å². The lowest BCUT2D eigenvalue weighted by Gasteiger charge is -2.12. The minimum Gasteiger partial charge on any atom is -0.396 e. The van der Waals surface area contributed by atoms with Crippen LogP contribution in [0.3, 0.4) is 0 Å². The van der Waals surface area contributed by atoms with E-state index in [1.807, 2.05) is 24.3 Å². The van der Waals surface area contributed by atoms with E-state index in [2.05, 4.69) is 22.9 Å². The predicted octanol–water partition coefficient (Wildman–Crippen LogP) is 2.40. The number of para-hydroxylation sites is 1. The molecule has 0 spiro atoms. The second-order valence-electron chi connectivity index (χ2n) is 6.89. The fourth-order valence-electron chi connectivity index (χ4n) is 2.84. The Bertz CT molecular complexity index is 850. The van der Waals surface area contributed by atoms with Gasteiger partial charge >= 0.3 is 11.8 Å². The first-order valence-electron chi connectivity index (χ1n) is 10.2. The van der Waals surface area contributed by atoms with Crippen molar-refractivity contribution in [2.24, 2.45) is 0 Å². The number of anilines is 1. The molecule has 0 radical (unpaired) electrons. The zero-order valence-corrected chi connectivity index (χ0v) is 17.2. The van der Waals surface area contributed by atoms with Gasteiger partial charge in [0, 0.05) is 19.7 Å². The first kappa shape index (κ1) is 23.1. The molecule has 2 aromatic rings. The first-order chi connectivity index (χ1) is 14.5. The van der Waals surface area contributed by atoms with Gasteiger partial charge in [0.05, 0.1) is 11.3 Å². The van der Waals surface area contributed by atoms with Gasteiger partial charge in [-0.05, 0) is 48.9 Å². The van der Waals surface area contributed by atoms with Crippen LogP contribution in [0, 0.1) is 0 Å². The normalized spacial score (nSPS) is 10.3. The Morgan fingerprint density at radius 2 is 1.53 bits per heavy atom. The van der Waals surface area contributed by atoms with Crippen LogP contribution in [-0.2, 0) is 22.6 Å². The fourth-order valence-corrected chi connectivity index (χ4v) is 2.84. The molecular formula is C23H29N3O4. The third kappa shape index (κ3) is 7.33. The van der Waals surface area contributed by atoms with Gasteiger partial charge in [-0.3, -0.25) is 14.4 Å². The van der Waals surface area contributed by atoms with Crippen molar-refractivity contribution in [1.82, 2.24) is 10.6 Å². The average Bonchev–Trinajstić information content (AvgIpc) is 2.77. The van der Waals surface area contributed by atoms with Crippen molar-refractivity contribution < 1.29 is 19.5 Å². The number of aliphatic hydroxyl groups excluding tert-OH is 1. The molecule has 30 heavy (non-hydrogen) atoms. The standard InChI is InChI=1S/C23H29N3O4/c1-2-17-10-12-18(13-11-17)16-25-21(28)19-8-4-5-9-20(19)26-23(30)22(29)24-14-6-3-7-15-27/h4-5,8-13,27H,2-3,6-7,14-16H2,1H3,(H,24,29)(H,25,28)(H,26,30). The summed E-state index contributed by atoms with van der Waals surface area (Å²) in [5.74, 6) is -1.92. The summed E-state index contributed by atoms with van der Waals surface area (Å²) in [5, 5.41) is 16.6. The van der Waals surface area contributed by atoms with E-state index in [0.29, 0.717) is 25.9 Å². The van der Waals surface area contributed by atoms with Crippen LogP contribution in [0.15, 0.2) is 48.5 Å². The lowest BCUT2D eigenvalue weighted by Crippen LogP contribution is -2.36. The maximum atomic E-state index is 12.6. The first-order valence-corrected chi connectivity index (χ1v) is 10.2. The molecular weight excluding hydrogens is 382 g/mol. The Labute approximate surface area is 176 Å². The summed E-state index contributed by atoms with van der Waals surface area (Å²) in [7, 11) is 0. The van der Waals surface area contributed by atoms with Gasteiger partial charge in [0.2, 0.25) is 0 Å². The van der Waals surface area contributed by atoms with E-state index < -0.39 is 11.8 Å². The molecule has 0 saturated heterocycles. The number of amides is 3. The highest BCUT2D eigenvalue weighted by atomic mass is 16.3. The molecule has 0 fully saturated rings. The van der Waals surface area contributed by atoms with Crippen LogP contribution in [-0.4, -0.2) is 36.0 Å². The molecule has 7 nitrogen and oxygen atoms in total. The Hall–Kier alpha value is -3.19. The number of hydrogen-bond acceptors (Lipinski definition) is 4. The van der Waals surface area contributed by atoms with Crippen molar-refractivity contribution in [3.05, 3.63) is 65.2 Å². The van der Waals surface area contributed by atoms with Gasteiger partial charge in [0.25, 0.3) is 5.91 Å². The molecule has 2 rings (SSSR count). The molecule has 3 amide bonds. The zero-order chi connectivity index (χ0) is 21.8. The molecule has 0 aliphatic carbocycles. The average molecular weight is 412 g/mol. The number of aliphatic hydroxyl groups is 1. The summed E-state index contributed by atoms with van der Waals surface area (Å²) >= 11 is 0. The van der Waals surface area contributed by atoms with E-state index in [-0.39, 0.29) is 23.8 Å². The van der Waals surface area contributed by atoms with Crippen LogP contribution in [0.4, 0.5) is 5.69 Å². The maximum absolute atomic E-state index is 12.6. The van der Waals surface area contributed by atoms with Gasteiger partial charge in [0.1, 0.15) is 0 Å². The fraction of sp³-hybridized carbons (Fsp3) is 0.348. The molecule has 0 aliphatic heterocycles. The van der Waals surface area contributed by atoms with Crippen LogP contribution in [0.25, 0.3) is 0 Å². The third-order valence-corrected chi connectivity index (χ3v) is 4.63. The van der Waals surface area contributed by atoms with E-state index in [1.165, 1.54) is 5.56 Å². The molecule has 0 aliphatic rings. The largest absolute Gasteiger partial charge is 0.396 e. The molecule has 0 bridgehead atoms. The van der Waals surface area contributed by atoms with Gasteiger partial charge in [-0.15, -0.1) is 0 Å². The highest BCUT2D eigenvalue weighted by Crippen LogP contribution is 2.15. The zero-order valence-electron chi connectivity index (χ0n) is 17.2. The molecule has 0 heterocycles. The number of unbranched alkanes of at least 4 members (excludes halogenated alkanes) is 2. The monoisotopic (exact) mass is 411 g/mol. The molecule has 0 aromatic heterocycles. The molecule has 0 atom stereocenters. The van der Waals surface area contributed by atoms with Crippen LogP contribution in [0.2, 0.25) is 0 Å². The number of benzene rings is 2. The van der Waals surface area contributed by atoms with Crippen LogP contribution >= 0.6 is 0 Å². The Kier molecular flexibility index (Phi) is 9.54. The summed E-state index contributed by atoms with van der Waals surface area (Å²) < 4.78 is 0. The van der Waals surface area contributed by atoms with Crippen molar-refractivity contribution in [1.29, 1.82) is 0 Å². The quantitative estimate of drug-likeness (QED) is 0.356. The molecule has 0 unspecified atom stereocenters. The molecule has 7 heteroatoms. The topological polar surface area (TPSA) is 108 Å². The Balaban J connectivity index is 1.91. The molecule has 160 valence electrons. The van der Waals surface area contributed by atoms with E-state index in [0.717, 1.165) is 18.4 Å². The number of rotatable bonds is 10. The SMILES string of the molecule is CCc1ccc(CNC(=O)c2ccccc2NC(=O)C(=O)NCCCCCO)cc1. The second kappa shape index (κ2) is 12.4. The Morgan fingerprint density at radius 3 is 2.23 bits per heavy atom. The van der Waals surface area contributed by atoms with Crippen molar-refractivity contribution in [2.75, 3.05) is 18.5 Å². The lowest BCUT2D eigenvalue weighted by atomic mass is 10.1. The summed E-state index contributed by atoms with van der Waals surface area (Å²) in [6.07, 6.45) is 3.06. The van der Waals surface area contributed by atoms with Crippen LogP contribution in [0.5, 0.6) is 0 Å². The maximum Gasteiger partial charge on any atom is 0.313 e. The highest BCUT2D eigenvalue weighted by molar-refractivity contribution is 6.40. The number of carbonyl (C=O) groups excluding carboxylic acids is 3. The van der Waals surface area contributed by atoms with Gasteiger partial charge in [-0.25, -0.2) is 0 Å². The third-order valence-electron chi connectivity index (χ3n) is 4.63. The lowest BCUT2D eigenvalue weighted by molar-refractivity contribution is -0.136. The number of carbonyl (C=O) groups is 3. The van der Waals surface area contributed by atoms with Gasteiger partial charge in [-0.1, -0.05) is 43.3 Å². The summed E-state index contributed by atoms with van der Waals surface area (Å²) in [5.41, 5.74) is 2.76. The van der Waals surface area contributed by atoms with Gasteiger partial charge < -0.3 is 21.1 Å². The second-order valence-corrected chi connectivity index (χ2v) is 6.89. The molecule has 0 saturated carbocycles. The highest BCUT2D eigenvalue weighted by Gasteiger charge is 2.17. The van der Waals surface area contributed by atoms with E-state index >= 15 is 0 Å². The van der Waals surface area contributed by atoms with Gasteiger partial charge in [0.15, 0.2) is 0 Å². The minimum atomic E-state index is -0.826. The van der Waals surface area contributed by atoms with Crippen LogP contribution < -0.4 is 16.0 Å².